The largest absolute Gasteiger partial charge is 0.343 e. The first-order valence-electron chi connectivity index (χ1n) is 5.42. The third-order valence-electron chi connectivity index (χ3n) is 2.67. The summed E-state index contributed by atoms with van der Waals surface area (Å²) in [4.78, 5) is 48.7. The highest BCUT2D eigenvalue weighted by Crippen LogP contribution is 2.09. The molecule has 0 aromatic rings. The molecule has 1 aliphatic heterocycles. The molecule has 0 aromatic heterocycles. The van der Waals surface area contributed by atoms with Gasteiger partial charge in [-0.15, -0.1) is 12.4 Å². The topological polar surface area (TPSA) is 90.0 Å². The molecule has 0 spiro atoms. The van der Waals surface area contributed by atoms with Crippen LogP contribution in [0.3, 0.4) is 0 Å². The number of nitrogens with one attached hydrogen (secondary N) is 1. The van der Waals surface area contributed by atoms with E-state index in [-0.39, 0.29) is 12.4 Å². The number of hydrogen-bond acceptors (Lipinski definition) is 5. The Morgan fingerprint density at radius 3 is 2.26 bits per heavy atom. The Morgan fingerprint density at radius 2 is 1.84 bits per heavy atom. The van der Waals surface area contributed by atoms with E-state index in [9.17, 15) is 19.2 Å². The van der Waals surface area contributed by atoms with Crippen molar-refractivity contribution >= 4 is 36.2 Å². The lowest BCUT2D eigenvalue weighted by Gasteiger charge is -2.19. The highest BCUT2D eigenvalue weighted by molar-refractivity contribution is 6.44. The van der Waals surface area contributed by atoms with Crippen LogP contribution in [0.2, 0.25) is 0 Å². The molecule has 5 amide bonds. The fourth-order valence-corrected chi connectivity index (χ4v) is 1.41. The number of urea groups is 1. The Labute approximate surface area is 117 Å². The maximum absolute atomic E-state index is 11.7. The lowest BCUT2D eigenvalue weighted by molar-refractivity contribution is -0.144. The van der Waals surface area contributed by atoms with Crippen molar-refractivity contribution in [3.05, 3.63) is 0 Å². The first-order valence-corrected chi connectivity index (χ1v) is 5.42. The molecule has 8 nitrogen and oxygen atoms in total. The summed E-state index contributed by atoms with van der Waals surface area (Å²) >= 11 is 0. The van der Waals surface area contributed by atoms with Gasteiger partial charge in [-0.05, 0) is 7.05 Å². The zero-order valence-corrected chi connectivity index (χ0v) is 11.8. The molecule has 108 valence electrons. The molecule has 1 saturated heterocycles. The number of nitrogens with zero attached hydrogens (tertiary/aromatic N) is 3. The highest BCUT2D eigenvalue weighted by Gasteiger charge is 2.43. The van der Waals surface area contributed by atoms with Gasteiger partial charge in [0.2, 0.25) is 5.91 Å². The molecule has 1 N–H and O–H groups in total. The zero-order valence-electron chi connectivity index (χ0n) is 11.0. The van der Waals surface area contributed by atoms with Crippen LogP contribution in [0.1, 0.15) is 0 Å². The zero-order chi connectivity index (χ0) is 13.9. The molecule has 0 saturated carbocycles. The number of halogens is 1. The Balaban J connectivity index is 0.00000324. The molecule has 0 aliphatic carbocycles. The maximum Gasteiger partial charge on any atom is 0.334 e. The number of hydrogen-bond donors (Lipinski definition) is 1. The van der Waals surface area contributed by atoms with Crippen LogP contribution >= 0.6 is 12.4 Å². The first kappa shape index (κ1) is 17.3. The maximum atomic E-state index is 11.7. The third kappa shape index (κ3) is 3.65. The van der Waals surface area contributed by atoms with E-state index in [1.807, 2.05) is 0 Å². The van der Waals surface area contributed by atoms with E-state index < -0.39 is 30.3 Å². The number of amides is 5. The first-order chi connectivity index (χ1) is 8.40. The minimum absolute atomic E-state index is 0. The van der Waals surface area contributed by atoms with E-state index in [1.165, 1.54) is 11.9 Å². The molecule has 0 unspecified atom stereocenters. The summed E-state index contributed by atoms with van der Waals surface area (Å²) < 4.78 is 0. The van der Waals surface area contributed by atoms with Gasteiger partial charge < -0.3 is 10.2 Å². The minimum Gasteiger partial charge on any atom is -0.343 e. The number of carbonyl (C=O) groups is 4. The molecule has 0 radical (unpaired) electrons. The summed E-state index contributed by atoms with van der Waals surface area (Å²) in [6.07, 6.45) is 0. The van der Waals surface area contributed by atoms with Gasteiger partial charge in [0.15, 0.2) is 0 Å². The summed E-state index contributed by atoms with van der Waals surface area (Å²) in [5, 5.41) is 2.88. The molecule has 1 rings (SSSR count). The summed E-state index contributed by atoms with van der Waals surface area (Å²) in [6.45, 7) is 0.645. The van der Waals surface area contributed by atoms with Gasteiger partial charge in [-0.3, -0.25) is 19.3 Å². The van der Waals surface area contributed by atoms with E-state index in [0.29, 0.717) is 22.9 Å². The molecule has 19 heavy (non-hydrogen) atoms. The fraction of sp³-hybridized carbons (Fsp3) is 0.600. The van der Waals surface area contributed by atoms with Crippen molar-refractivity contribution in [2.75, 3.05) is 40.8 Å². The Bertz CT molecular complexity index is 401. The third-order valence-corrected chi connectivity index (χ3v) is 2.67. The SMILES string of the molecule is CNCCN(C)C(=O)CN1C(=O)C(=O)N(C)C1=O.Cl. The molecule has 0 aromatic carbocycles. The van der Waals surface area contributed by atoms with Gasteiger partial charge in [0.25, 0.3) is 0 Å². The lowest BCUT2D eigenvalue weighted by atomic mass is 10.4. The van der Waals surface area contributed by atoms with Crippen molar-refractivity contribution in [2.24, 2.45) is 0 Å². The molecule has 1 heterocycles. The van der Waals surface area contributed by atoms with Crippen LogP contribution in [-0.2, 0) is 14.4 Å². The van der Waals surface area contributed by atoms with Crippen LogP contribution < -0.4 is 5.32 Å². The van der Waals surface area contributed by atoms with Crippen molar-refractivity contribution in [2.45, 2.75) is 0 Å². The van der Waals surface area contributed by atoms with Gasteiger partial charge in [-0.1, -0.05) is 0 Å². The number of carbonyl (C=O) groups excluding carboxylic acids is 4. The quantitative estimate of drug-likeness (QED) is 0.492. The Hall–Kier alpha value is -1.67. The standard InChI is InChI=1S/C10H16N4O4.ClH/c1-11-4-5-12(2)7(15)6-14-9(17)8(16)13(3)10(14)18;/h11H,4-6H2,1-3H3;1H. The van der Waals surface area contributed by atoms with Gasteiger partial charge in [0, 0.05) is 27.2 Å². The molecule has 0 bridgehead atoms. The van der Waals surface area contributed by atoms with Gasteiger partial charge in [-0.25, -0.2) is 9.69 Å². The normalized spacial score (nSPS) is 14.8. The lowest BCUT2D eigenvalue weighted by Crippen LogP contribution is -2.43. The Morgan fingerprint density at radius 1 is 1.26 bits per heavy atom. The predicted octanol–water partition coefficient (Wildman–Crippen LogP) is -1.49. The van der Waals surface area contributed by atoms with E-state index in [0.717, 1.165) is 0 Å². The van der Waals surface area contributed by atoms with Crippen LogP contribution in [0.5, 0.6) is 0 Å². The number of likely N-dealkylation sites (N-methyl/N-ethyl adjacent to an activating group) is 3. The monoisotopic (exact) mass is 292 g/mol. The smallest absolute Gasteiger partial charge is 0.334 e. The summed E-state index contributed by atoms with van der Waals surface area (Å²) in [6, 6.07) is -0.764. The van der Waals surface area contributed by atoms with Gasteiger partial charge in [0.1, 0.15) is 6.54 Å². The summed E-state index contributed by atoms with van der Waals surface area (Å²) in [5.41, 5.74) is 0. The fourth-order valence-electron chi connectivity index (χ4n) is 1.41. The average molecular weight is 293 g/mol. The molecule has 1 fully saturated rings. The molecule has 0 atom stereocenters. The van der Waals surface area contributed by atoms with Gasteiger partial charge in [0.05, 0.1) is 0 Å². The van der Waals surface area contributed by atoms with Crippen molar-refractivity contribution in [1.29, 1.82) is 0 Å². The summed E-state index contributed by atoms with van der Waals surface area (Å²) in [5.74, 6) is -2.27. The van der Waals surface area contributed by atoms with Crippen molar-refractivity contribution in [3.63, 3.8) is 0 Å². The van der Waals surface area contributed by atoms with Crippen LogP contribution in [0.4, 0.5) is 4.79 Å². The Kier molecular flexibility index (Phi) is 6.43. The van der Waals surface area contributed by atoms with Crippen LogP contribution in [0, 0.1) is 0 Å². The average Bonchev–Trinajstić information content (AvgIpc) is 2.53. The second-order valence-corrected chi connectivity index (χ2v) is 3.96. The van der Waals surface area contributed by atoms with Gasteiger partial charge in [-0.2, -0.15) is 0 Å². The number of rotatable bonds is 5. The molecule has 1 aliphatic rings. The van der Waals surface area contributed by atoms with Crippen LogP contribution in [0.25, 0.3) is 0 Å². The number of imide groups is 2. The second-order valence-electron chi connectivity index (χ2n) is 3.96. The summed E-state index contributed by atoms with van der Waals surface area (Å²) in [7, 11) is 4.52. The van der Waals surface area contributed by atoms with Crippen molar-refractivity contribution < 1.29 is 19.2 Å². The van der Waals surface area contributed by atoms with Crippen LogP contribution in [-0.4, -0.2) is 79.2 Å². The van der Waals surface area contributed by atoms with Crippen molar-refractivity contribution in [3.8, 4) is 0 Å². The van der Waals surface area contributed by atoms with E-state index in [2.05, 4.69) is 5.32 Å². The van der Waals surface area contributed by atoms with Crippen LogP contribution in [0.15, 0.2) is 0 Å². The van der Waals surface area contributed by atoms with E-state index in [1.54, 1.807) is 14.1 Å². The van der Waals surface area contributed by atoms with E-state index >= 15 is 0 Å². The van der Waals surface area contributed by atoms with Gasteiger partial charge >= 0.3 is 17.8 Å². The minimum atomic E-state index is -0.960. The second kappa shape index (κ2) is 7.05. The predicted molar refractivity (Wildman–Crippen MR) is 68.7 cm³/mol. The molecular formula is C10H17ClN4O4. The highest BCUT2D eigenvalue weighted by atomic mass is 35.5. The molecular weight excluding hydrogens is 276 g/mol. The van der Waals surface area contributed by atoms with E-state index in [4.69, 9.17) is 0 Å². The molecule has 9 heteroatoms. The van der Waals surface area contributed by atoms with Crippen molar-refractivity contribution in [1.82, 2.24) is 20.0 Å².